The summed E-state index contributed by atoms with van der Waals surface area (Å²) in [6, 6.07) is 35.1. The molecule has 4 aromatic carbocycles. The third kappa shape index (κ3) is 7.31. The van der Waals surface area contributed by atoms with Gasteiger partial charge in [0.2, 0.25) is 0 Å². The second kappa shape index (κ2) is 16.2. The van der Waals surface area contributed by atoms with Crippen LogP contribution in [0, 0.1) is 6.92 Å². The summed E-state index contributed by atoms with van der Waals surface area (Å²) in [5.74, 6) is 1.12. The van der Waals surface area contributed by atoms with Crippen LogP contribution in [0.15, 0.2) is 153 Å². The predicted octanol–water partition coefficient (Wildman–Crippen LogP) is 6.37. The molecule has 0 saturated carbocycles. The largest absolute Gasteiger partial charge is 0.497 e. The molecule has 0 amide bonds. The molecule has 0 saturated heterocycles. The Labute approximate surface area is 374 Å². The van der Waals surface area contributed by atoms with Crippen molar-refractivity contribution in [3.05, 3.63) is 182 Å². The Hall–Kier alpha value is -7.50. The molecule has 2 aliphatic rings. The van der Waals surface area contributed by atoms with E-state index in [2.05, 4.69) is 20.2 Å². The number of benzene rings is 4. The molecule has 0 fully saturated rings. The van der Waals surface area contributed by atoms with Crippen molar-refractivity contribution in [3.63, 3.8) is 0 Å². The van der Waals surface area contributed by atoms with Crippen molar-refractivity contribution in [2.45, 2.75) is 42.4 Å². The summed E-state index contributed by atoms with van der Waals surface area (Å²) in [6.45, 7) is 1.94. The molecule has 4 aromatic heterocycles. The van der Waals surface area contributed by atoms with E-state index in [0.717, 1.165) is 16.7 Å². The molecule has 0 radical (unpaired) electrons. The number of pyridine rings is 2. The van der Waals surface area contributed by atoms with Crippen LogP contribution in [0.5, 0.6) is 5.75 Å². The minimum Gasteiger partial charge on any atom is -0.497 e. The van der Waals surface area contributed by atoms with Crippen LogP contribution in [0.3, 0.4) is 0 Å². The minimum absolute atomic E-state index is 0.0117. The van der Waals surface area contributed by atoms with Gasteiger partial charge >= 0.3 is 0 Å². The van der Waals surface area contributed by atoms with Gasteiger partial charge in [-0.15, -0.1) is 0 Å². The summed E-state index contributed by atoms with van der Waals surface area (Å²) in [5.41, 5.74) is 6.46. The van der Waals surface area contributed by atoms with Crippen molar-refractivity contribution in [1.82, 2.24) is 29.5 Å². The first-order valence-corrected chi connectivity index (χ1v) is 23.8. The molecular formula is C48H42N8O7S2. The number of H-pyrrole nitrogens is 2. The summed E-state index contributed by atoms with van der Waals surface area (Å²) in [6.07, 6.45) is 4.61. The maximum absolute atomic E-state index is 14.3. The monoisotopic (exact) mass is 906 g/mol. The first-order chi connectivity index (χ1) is 31.4. The van der Waals surface area contributed by atoms with Gasteiger partial charge in [0.1, 0.15) is 5.75 Å². The number of anilines is 2. The fourth-order valence-corrected chi connectivity index (χ4v) is 11.4. The Bertz CT molecular complexity index is 3470. The fraction of sp³-hybridized carbons (Fsp3) is 0.167. The molecule has 0 atom stereocenters. The molecule has 6 heterocycles. The van der Waals surface area contributed by atoms with Gasteiger partial charge in [0.05, 0.1) is 39.7 Å². The number of aromatic nitrogens is 6. The lowest BCUT2D eigenvalue weighted by atomic mass is 10.0. The van der Waals surface area contributed by atoms with Crippen LogP contribution in [0.2, 0.25) is 0 Å². The summed E-state index contributed by atoms with van der Waals surface area (Å²) in [5, 5.41) is 6.47. The summed E-state index contributed by atoms with van der Waals surface area (Å²) < 4.78 is 67.1. The Morgan fingerprint density at radius 2 is 1.09 bits per heavy atom. The molecule has 17 heteroatoms. The highest BCUT2D eigenvalue weighted by Crippen LogP contribution is 2.38. The number of hydrogen-bond acceptors (Lipinski definition) is 9. The number of nitrogens with zero attached hydrogens (tertiary/aromatic N) is 6. The first-order valence-electron chi connectivity index (χ1n) is 21.0. The highest BCUT2D eigenvalue weighted by atomic mass is 32.2. The van der Waals surface area contributed by atoms with Gasteiger partial charge in [-0.05, 0) is 129 Å². The van der Waals surface area contributed by atoms with Crippen LogP contribution in [0.25, 0.3) is 33.9 Å². The van der Waals surface area contributed by atoms with Crippen molar-refractivity contribution >= 4 is 31.7 Å². The molecule has 328 valence electrons. The normalized spacial score (nSPS) is 13.6. The average molecular weight is 907 g/mol. The van der Waals surface area contributed by atoms with Crippen molar-refractivity contribution in [2.75, 3.05) is 28.8 Å². The average Bonchev–Trinajstić information content (AvgIpc) is 3.69. The number of ether oxygens (including phenoxy) is 1. The van der Waals surface area contributed by atoms with Gasteiger partial charge in [-0.3, -0.25) is 19.8 Å². The number of aryl methyl sites for hydroxylation is 3. The maximum atomic E-state index is 14.3. The SMILES string of the molecule is COc1ccc(-n2[nH]c3c(c2=O)CCN(S(=O)(=O)c2ccc(CCc4cccc(-n5[nH]c6c(c5=O)CCN(S(=O)(=O)c5ccc(C)cc5)c5ncccc5-6)c4)cc2)c2ncccc2-3)cc1. The summed E-state index contributed by atoms with van der Waals surface area (Å²) >= 11 is 0. The van der Waals surface area contributed by atoms with E-state index >= 15 is 0 Å². The van der Waals surface area contributed by atoms with Crippen molar-refractivity contribution in [1.29, 1.82) is 0 Å². The third-order valence-electron chi connectivity index (χ3n) is 12.0. The van der Waals surface area contributed by atoms with Crippen LogP contribution in [0.4, 0.5) is 11.6 Å². The van der Waals surface area contributed by atoms with Gasteiger partial charge in [-0.25, -0.2) is 44.8 Å². The number of aromatic amines is 2. The number of methoxy groups -OCH3 is 1. The molecule has 2 aliphatic heterocycles. The highest BCUT2D eigenvalue weighted by Gasteiger charge is 2.35. The van der Waals surface area contributed by atoms with E-state index in [1.54, 1.807) is 110 Å². The first kappa shape index (κ1) is 41.5. The molecule has 0 spiro atoms. The van der Waals surface area contributed by atoms with Crippen LogP contribution >= 0.6 is 0 Å². The van der Waals surface area contributed by atoms with Crippen molar-refractivity contribution in [2.24, 2.45) is 0 Å². The van der Waals surface area contributed by atoms with E-state index in [9.17, 15) is 26.4 Å². The van der Waals surface area contributed by atoms with E-state index in [4.69, 9.17) is 4.74 Å². The summed E-state index contributed by atoms with van der Waals surface area (Å²) in [7, 11) is -6.48. The van der Waals surface area contributed by atoms with Crippen LogP contribution in [-0.4, -0.2) is 66.6 Å². The fourth-order valence-electron chi connectivity index (χ4n) is 8.57. The molecule has 0 aliphatic carbocycles. The Morgan fingerprint density at radius 3 is 1.63 bits per heavy atom. The zero-order valence-corrected chi connectivity index (χ0v) is 36.9. The Balaban J connectivity index is 0.865. The van der Waals surface area contributed by atoms with Crippen LogP contribution in [-0.2, 0) is 45.7 Å². The van der Waals surface area contributed by atoms with Crippen LogP contribution in [0.1, 0.15) is 27.8 Å². The second-order valence-electron chi connectivity index (χ2n) is 15.9. The van der Waals surface area contributed by atoms with Gasteiger partial charge in [-0.1, -0.05) is 42.0 Å². The van der Waals surface area contributed by atoms with Gasteiger partial charge in [0, 0.05) is 47.7 Å². The van der Waals surface area contributed by atoms with Crippen molar-refractivity contribution in [3.8, 4) is 39.6 Å². The number of sulfonamides is 2. The topological polar surface area (TPSA) is 185 Å². The lowest BCUT2D eigenvalue weighted by Gasteiger charge is -2.23. The molecular weight excluding hydrogens is 865 g/mol. The second-order valence-corrected chi connectivity index (χ2v) is 19.7. The molecule has 8 aromatic rings. The standard InChI is InChI=1S/C48H42N8O7S2/c1-31-10-20-37(21-11-31)64(59,60)53-29-25-42-44(40-9-5-27-50-46(40)53)52-56(48(42)58)35-7-3-6-33(30-35)13-12-32-14-22-38(23-15-32)65(61,62)54-28-24-41-43(39-8-4-26-49-45(39)54)51-55(47(41)57)34-16-18-36(63-2)19-17-34/h3-11,14-23,26-27,30,51-52H,12-13,24-25,28-29H2,1-2H3. The lowest BCUT2D eigenvalue weighted by molar-refractivity contribution is 0.414. The quantitative estimate of drug-likeness (QED) is 0.157. The molecule has 0 bridgehead atoms. The minimum atomic E-state index is -4.09. The zero-order chi connectivity index (χ0) is 45.0. The van der Waals surface area contributed by atoms with Gasteiger partial charge in [0.15, 0.2) is 11.6 Å². The van der Waals surface area contributed by atoms with E-state index in [1.165, 1.54) is 24.2 Å². The number of hydrogen-bond donors (Lipinski definition) is 2. The van der Waals surface area contributed by atoms with Crippen LogP contribution < -0.4 is 24.5 Å². The molecule has 15 nitrogen and oxygen atoms in total. The van der Waals surface area contributed by atoms with Gasteiger partial charge in [-0.2, -0.15) is 0 Å². The van der Waals surface area contributed by atoms with E-state index in [-0.39, 0.29) is 58.5 Å². The highest BCUT2D eigenvalue weighted by molar-refractivity contribution is 7.93. The predicted molar refractivity (Wildman–Crippen MR) is 247 cm³/mol. The molecule has 2 N–H and O–H groups in total. The van der Waals surface area contributed by atoms with Gasteiger partial charge in [0.25, 0.3) is 31.2 Å². The van der Waals surface area contributed by atoms with Gasteiger partial charge < -0.3 is 4.74 Å². The zero-order valence-electron chi connectivity index (χ0n) is 35.3. The van der Waals surface area contributed by atoms with E-state index < -0.39 is 20.0 Å². The smallest absolute Gasteiger partial charge is 0.275 e. The maximum Gasteiger partial charge on any atom is 0.275 e. The Morgan fingerprint density at radius 1 is 0.585 bits per heavy atom. The third-order valence-corrected chi connectivity index (χ3v) is 15.6. The number of fused-ring (bicyclic) bond motifs is 6. The molecule has 65 heavy (non-hydrogen) atoms. The van der Waals surface area contributed by atoms with E-state index in [0.29, 0.717) is 63.6 Å². The number of nitrogens with one attached hydrogen (secondary N) is 2. The summed E-state index contributed by atoms with van der Waals surface area (Å²) in [4.78, 5) is 37.0. The molecule has 10 rings (SSSR count). The van der Waals surface area contributed by atoms with Crippen molar-refractivity contribution < 1.29 is 21.6 Å². The molecule has 0 unspecified atom stereocenters. The number of rotatable bonds is 10. The Kier molecular flexibility index (Phi) is 10.4. The lowest BCUT2D eigenvalue weighted by Crippen LogP contribution is -2.34. The van der Waals surface area contributed by atoms with E-state index in [1.807, 2.05) is 31.2 Å².